The molecule has 84 valence electrons. The molecule has 2 nitrogen and oxygen atoms in total. The second-order valence-corrected chi connectivity index (χ2v) is 4.14. The van der Waals surface area contributed by atoms with Crippen LogP contribution in [0.1, 0.15) is 20.3 Å². The van der Waals surface area contributed by atoms with E-state index < -0.39 is 12.2 Å². The fraction of sp³-hybridized carbons (Fsp3) is 1.00. The van der Waals surface area contributed by atoms with Gasteiger partial charge >= 0.3 is 6.18 Å². The number of hydrogen-bond acceptors (Lipinski definition) is 2. The van der Waals surface area contributed by atoms with Crippen LogP contribution in [0.4, 0.5) is 13.2 Å². The Morgan fingerprint density at radius 3 is 2.43 bits per heavy atom. The number of alkyl halides is 3. The van der Waals surface area contributed by atoms with Gasteiger partial charge in [-0.3, -0.25) is 4.90 Å². The zero-order chi connectivity index (χ0) is 10.9. The lowest BCUT2D eigenvalue weighted by atomic mass is 9.94. The third-order valence-electron chi connectivity index (χ3n) is 3.02. The van der Waals surface area contributed by atoms with Gasteiger partial charge in [0.15, 0.2) is 0 Å². The Balaban J connectivity index is 2.55. The summed E-state index contributed by atoms with van der Waals surface area (Å²) in [7, 11) is 0. The lowest BCUT2D eigenvalue weighted by Gasteiger charge is -2.39. The summed E-state index contributed by atoms with van der Waals surface area (Å²) in [6.07, 6.45) is -3.47. The van der Waals surface area contributed by atoms with Crippen molar-refractivity contribution >= 4 is 0 Å². The molecule has 0 spiro atoms. The molecule has 0 aromatic heterocycles. The van der Waals surface area contributed by atoms with Gasteiger partial charge in [-0.05, 0) is 19.3 Å². The van der Waals surface area contributed by atoms with E-state index in [1.165, 1.54) is 11.8 Å². The summed E-state index contributed by atoms with van der Waals surface area (Å²) in [6.45, 7) is 4.01. The second-order valence-electron chi connectivity index (χ2n) is 4.14. The molecular weight excluding hydrogens is 193 g/mol. The molecule has 2 N–H and O–H groups in total. The zero-order valence-corrected chi connectivity index (χ0v) is 8.51. The van der Waals surface area contributed by atoms with Crippen molar-refractivity contribution in [1.82, 2.24) is 4.90 Å². The van der Waals surface area contributed by atoms with Crippen LogP contribution in [0.5, 0.6) is 0 Å². The van der Waals surface area contributed by atoms with Crippen molar-refractivity contribution in [2.24, 2.45) is 11.7 Å². The Hall–Kier alpha value is -0.290. The highest BCUT2D eigenvalue weighted by molar-refractivity contribution is 4.84. The molecule has 0 aliphatic carbocycles. The van der Waals surface area contributed by atoms with Gasteiger partial charge in [0.1, 0.15) is 6.04 Å². The summed E-state index contributed by atoms with van der Waals surface area (Å²) in [6, 6.07) is -1.30. The molecule has 0 aromatic rings. The molecule has 14 heavy (non-hydrogen) atoms. The van der Waals surface area contributed by atoms with Gasteiger partial charge in [-0.2, -0.15) is 13.2 Å². The van der Waals surface area contributed by atoms with E-state index in [4.69, 9.17) is 5.73 Å². The van der Waals surface area contributed by atoms with E-state index >= 15 is 0 Å². The minimum absolute atomic E-state index is 0.0479. The molecular formula is C9H17F3N2. The van der Waals surface area contributed by atoms with Gasteiger partial charge in [-0.25, -0.2) is 0 Å². The SMILES string of the molecule is CC1CN(C(C)C(F)(F)F)CCC1N. The van der Waals surface area contributed by atoms with E-state index in [0.717, 1.165) is 0 Å². The quantitative estimate of drug-likeness (QED) is 0.712. The number of hydrogen-bond donors (Lipinski definition) is 1. The molecule has 1 aliphatic rings. The van der Waals surface area contributed by atoms with Crippen LogP contribution in [-0.2, 0) is 0 Å². The minimum Gasteiger partial charge on any atom is -0.327 e. The van der Waals surface area contributed by atoms with E-state index in [0.29, 0.717) is 19.5 Å². The fourth-order valence-electron chi connectivity index (χ4n) is 1.75. The summed E-state index contributed by atoms with van der Waals surface area (Å²) >= 11 is 0. The monoisotopic (exact) mass is 210 g/mol. The molecule has 0 saturated carbocycles. The number of likely N-dealkylation sites (tertiary alicyclic amines) is 1. The predicted octanol–water partition coefficient (Wildman–Crippen LogP) is 1.61. The van der Waals surface area contributed by atoms with Crippen molar-refractivity contribution in [2.45, 2.75) is 38.5 Å². The molecule has 3 unspecified atom stereocenters. The third-order valence-corrected chi connectivity index (χ3v) is 3.02. The Kier molecular flexibility index (Phi) is 3.42. The molecule has 0 radical (unpaired) electrons. The summed E-state index contributed by atoms with van der Waals surface area (Å²) in [5, 5.41) is 0. The number of piperidine rings is 1. The lowest BCUT2D eigenvalue weighted by Crippen LogP contribution is -2.53. The minimum atomic E-state index is -4.12. The van der Waals surface area contributed by atoms with Crippen LogP contribution in [0.2, 0.25) is 0 Å². The summed E-state index contributed by atoms with van der Waals surface area (Å²) < 4.78 is 37.2. The average molecular weight is 210 g/mol. The molecule has 1 saturated heterocycles. The average Bonchev–Trinajstić information content (AvgIpc) is 2.07. The van der Waals surface area contributed by atoms with Crippen molar-refractivity contribution in [1.29, 1.82) is 0 Å². The van der Waals surface area contributed by atoms with Gasteiger partial charge in [0, 0.05) is 19.1 Å². The molecule has 1 rings (SSSR count). The van der Waals surface area contributed by atoms with E-state index in [9.17, 15) is 13.2 Å². The molecule has 0 aromatic carbocycles. The predicted molar refractivity (Wildman–Crippen MR) is 48.8 cm³/mol. The summed E-state index contributed by atoms with van der Waals surface area (Å²) in [4.78, 5) is 1.47. The maximum atomic E-state index is 12.4. The smallest absolute Gasteiger partial charge is 0.327 e. The maximum Gasteiger partial charge on any atom is 0.403 e. The van der Waals surface area contributed by atoms with Crippen LogP contribution in [-0.4, -0.2) is 36.2 Å². The van der Waals surface area contributed by atoms with Gasteiger partial charge in [0.05, 0.1) is 0 Å². The molecule has 1 heterocycles. The molecule has 0 amide bonds. The first-order valence-corrected chi connectivity index (χ1v) is 4.88. The highest BCUT2D eigenvalue weighted by Crippen LogP contribution is 2.27. The Labute approximate surface area is 82.2 Å². The van der Waals surface area contributed by atoms with E-state index in [1.54, 1.807) is 0 Å². The summed E-state index contributed by atoms with van der Waals surface area (Å²) in [5.41, 5.74) is 5.74. The molecule has 0 bridgehead atoms. The normalized spacial score (nSPS) is 33.0. The lowest BCUT2D eigenvalue weighted by molar-refractivity contribution is -0.183. The van der Waals surface area contributed by atoms with Gasteiger partial charge < -0.3 is 5.73 Å². The van der Waals surface area contributed by atoms with E-state index in [2.05, 4.69) is 0 Å². The van der Waals surface area contributed by atoms with Crippen molar-refractivity contribution in [3.05, 3.63) is 0 Å². The Morgan fingerprint density at radius 2 is 2.00 bits per heavy atom. The Morgan fingerprint density at radius 1 is 1.43 bits per heavy atom. The van der Waals surface area contributed by atoms with Crippen molar-refractivity contribution in [2.75, 3.05) is 13.1 Å². The first-order chi connectivity index (χ1) is 6.32. The van der Waals surface area contributed by atoms with Gasteiger partial charge in [0.2, 0.25) is 0 Å². The second kappa shape index (κ2) is 4.06. The van der Waals surface area contributed by atoms with Crippen LogP contribution >= 0.6 is 0 Å². The number of halogens is 3. The summed E-state index contributed by atoms with van der Waals surface area (Å²) in [5.74, 6) is 0.147. The van der Waals surface area contributed by atoms with E-state index in [1.807, 2.05) is 6.92 Å². The standard InChI is InChI=1S/C9H17F3N2/c1-6-5-14(4-3-8(6)13)7(2)9(10,11)12/h6-8H,3-5,13H2,1-2H3. The van der Waals surface area contributed by atoms with Crippen molar-refractivity contribution in [3.8, 4) is 0 Å². The molecule has 5 heteroatoms. The van der Waals surface area contributed by atoms with Crippen LogP contribution in [0, 0.1) is 5.92 Å². The molecule has 3 atom stereocenters. The van der Waals surface area contributed by atoms with E-state index in [-0.39, 0.29) is 12.0 Å². The first-order valence-electron chi connectivity index (χ1n) is 4.88. The van der Waals surface area contributed by atoms with Crippen LogP contribution in [0.3, 0.4) is 0 Å². The fourth-order valence-corrected chi connectivity index (χ4v) is 1.75. The van der Waals surface area contributed by atoms with Gasteiger partial charge in [-0.1, -0.05) is 6.92 Å². The third kappa shape index (κ3) is 2.60. The Bertz CT molecular complexity index is 193. The molecule has 1 fully saturated rings. The van der Waals surface area contributed by atoms with Crippen LogP contribution < -0.4 is 5.73 Å². The first kappa shape index (κ1) is 11.8. The number of nitrogens with two attached hydrogens (primary N) is 1. The van der Waals surface area contributed by atoms with Crippen molar-refractivity contribution in [3.63, 3.8) is 0 Å². The van der Waals surface area contributed by atoms with Gasteiger partial charge in [0.25, 0.3) is 0 Å². The largest absolute Gasteiger partial charge is 0.403 e. The highest BCUT2D eigenvalue weighted by Gasteiger charge is 2.41. The number of nitrogens with zero attached hydrogens (tertiary/aromatic N) is 1. The maximum absolute atomic E-state index is 12.4. The zero-order valence-electron chi connectivity index (χ0n) is 8.51. The molecule has 1 aliphatic heterocycles. The topological polar surface area (TPSA) is 29.3 Å². The van der Waals surface area contributed by atoms with Gasteiger partial charge in [-0.15, -0.1) is 0 Å². The van der Waals surface area contributed by atoms with Crippen LogP contribution in [0.25, 0.3) is 0 Å². The number of rotatable bonds is 1. The van der Waals surface area contributed by atoms with Crippen molar-refractivity contribution < 1.29 is 13.2 Å². The van der Waals surface area contributed by atoms with Crippen LogP contribution in [0.15, 0.2) is 0 Å². The highest BCUT2D eigenvalue weighted by atomic mass is 19.4.